The molecule has 10 heteroatoms. The first-order chi connectivity index (χ1) is 18.5. The number of aromatic nitrogens is 2. The van der Waals surface area contributed by atoms with Gasteiger partial charge in [-0.25, -0.2) is 23.2 Å². The second-order valence-electron chi connectivity index (χ2n) is 10.2. The molecule has 9 nitrogen and oxygen atoms in total. The van der Waals surface area contributed by atoms with Crippen LogP contribution in [-0.4, -0.2) is 71.8 Å². The number of carbonyl (C=O) groups is 2. The van der Waals surface area contributed by atoms with Crippen LogP contribution >= 0.6 is 0 Å². The Morgan fingerprint density at radius 3 is 2.28 bits per heavy atom. The average Bonchev–Trinajstić information content (AvgIpc) is 2.91. The summed E-state index contributed by atoms with van der Waals surface area (Å²) < 4.78 is 33.5. The van der Waals surface area contributed by atoms with Crippen molar-refractivity contribution in [2.24, 2.45) is 5.92 Å². The number of hydrogen-bond donors (Lipinski definition) is 0. The Kier molecular flexibility index (Phi) is 8.46. The number of hydrogen-bond acceptors (Lipinski definition) is 7. The van der Waals surface area contributed by atoms with Gasteiger partial charge < -0.3 is 9.64 Å². The molecule has 0 bridgehead atoms. The van der Waals surface area contributed by atoms with Crippen molar-refractivity contribution in [1.29, 1.82) is 0 Å². The van der Waals surface area contributed by atoms with Crippen molar-refractivity contribution in [2.45, 2.75) is 45.6 Å². The van der Waals surface area contributed by atoms with Gasteiger partial charge >= 0.3 is 5.97 Å². The molecule has 3 aromatic rings. The van der Waals surface area contributed by atoms with Gasteiger partial charge in [0.15, 0.2) is 5.82 Å². The minimum absolute atomic E-state index is 0.0303. The Morgan fingerprint density at radius 2 is 1.67 bits per heavy atom. The van der Waals surface area contributed by atoms with Crippen LogP contribution < -0.4 is 0 Å². The first kappa shape index (κ1) is 28.4. The third-order valence-corrected chi connectivity index (χ3v) is 8.59. The molecule has 39 heavy (non-hydrogen) atoms. The molecule has 2 heterocycles. The van der Waals surface area contributed by atoms with Crippen LogP contribution in [-0.2, 0) is 14.8 Å². The molecule has 1 unspecified atom stereocenters. The summed E-state index contributed by atoms with van der Waals surface area (Å²) in [7, 11) is -3.73. The first-order valence-electron chi connectivity index (χ1n) is 13.0. The highest BCUT2D eigenvalue weighted by Gasteiger charge is 2.37. The normalized spacial score (nSPS) is 16.4. The van der Waals surface area contributed by atoms with Gasteiger partial charge in [0.25, 0.3) is 5.91 Å². The largest absolute Gasteiger partial charge is 0.462 e. The lowest BCUT2D eigenvalue weighted by molar-refractivity contribution is 0.0447. The van der Waals surface area contributed by atoms with Crippen LogP contribution in [0.15, 0.2) is 59.5 Å². The second kappa shape index (κ2) is 11.6. The molecule has 1 saturated heterocycles. The van der Waals surface area contributed by atoms with Crippen molar-refractivity contribution in [1.82, 2.24) is 19.2 Å². The van der Waals surface area contributed by atoms with Crippen molar-refractivity contribution in [3.8, 4) is 11.4 Å². The highest BCUT2D eigenvalue weighted by atomic mass is 32.2. The monoisotopic (exact) mass is 550 g/mol. The number of benzene rings is 2. The summed E-state index contributed by atoms with van der Waals surface area (Å²) in [5, 5.41) is 0. The van der Waals surface area contributed by atoms with Gasteiger partial charge in [0, 0.05) is 31.2 Å². The molecule has 1 atom stereocenters. The molecule has 1 aliphatic rings. The molecule has 0 N–H and O–H groups in total. The Labute approximate surface area is 229 Å². The van der Waals surface area contributed by atoms with Gasteiger partial charge in [0.05, 0.1) is 17.2 Å². The highest BCUT2D eigenvalue weighted by Crippen LogP contribution is 2.25. The minimum Gasteiger partial charge on any atom is -0.462 e. The topological polar surface area (TPSA) is 110 Å². The maximum atomic E-state index is 13.9. The lowest BCUT2D eigenvalue weighted by Gasteiger charge is -2.39. The third-order valence-electron chi connectivity index (χ3n) is 6.56. The van der Waals surface area contributed by atoms with Gasteiger partial charge in [0.2, 0.25) is 10.0 Å². The van der Waals surface area contributed by atoms with Crippen molar-refractivity contribution < 1.29 is 22.7 Å². The smallest absolute Gasteiger partial charge is 0.342 e. The van der Waals surface area contributed by atoms with Gasteiger partial charge in [-0.15, -0.1) is 0 Å². The fourth-order valence-electron chi connectivity index (χ4n) is 4.48. The second-order valence-corrected chi connectivity index (χ2v) is 12.1. The van der Waals surface area contributed by atoms with Gasteiger partial charge in [-0.1, -0.05) is 61.9 Å². The zero-order valence-electron chi connectivity index (χ0n) is 22.9. The van der Waals surface area contributed by atoms with Gasteiger partial charge in [-0.3, -0.25) is 4.79 Å². The van der Waals surface area contributed by atoms with Crippen molar-refractivity contribution in [3.63, 3.8) is 0 Å². The van der Waals surface area contributed by atoms with E-state index in [1.807, 2.05) is 51.1 Å². The minimum atomic E-state index is -3.73. The molecule has 0 spiro atoms. The zero-order chi connectivity index (χ0) is 28.3. The van der Waals surface area contributed by atoms with Gasteiger partial charge in [-0.05, 0) is 38.8 Å². The van der Waals surface area contributed by atoms with Crippen molar-refractivity contribution >= 4 is 21.9 Å². The van der Waals surface area contributed by atoms with Crippen LogP contribution in [0.2, 0.25) is 0 Å². The van der Waals surface area contributed by atoms with Gasteiger partial charge in [0.1, 0.15) is 11.3 Å². The fourth-order valence-corrected chi connectivity index (χ4v) is 6.09. The van der Waals surface area contributed by atoms with E-state index in [2.05, 4.69) is 9.97 Å². The van der Waals surface area contributed by atoms with Crippen LogP contribution in [0.25, 0.3) is 11.4 Å². The van der Waals surface area contributed by atoms with E-state index in [4.69, 9.17) is 4.74 Å². The predicted molar refractivity (Wildman–Crippen MR) is 148 cm³/mol. The Morgan fingerprint density at radius 1 is 1.00 bits per heavy atom. The number of aryl methyl sites for hydroxylation is 2. The van der Waals surface area contributed by atoms with Crippen molar-refractivity contribution in [2.75, 3.05) is 26.2 Å². The molecule has 2 aromatic carbocycles. The van der Waals surface area contributed by atoms with Crippen molar-refractivity contribution in [3.05, 3.63) is 77.1 Å². The molecule has 1 amide bonds. The molecular weight excluding hydrogens is 516 g/mol. The maximum Gasteiger partial charge on any atom is 0.342 e. The number of amides is 1. The van der Waals surface area contributed by atoms with Gasteiger partial charge in [-0.2, -0.15) is 4.31 Å². The number of ether oxygens (including phenoxy) is 1. The fraction of sp³-hybridized carbons (Fsp3) is 0.379. The Bertz CT molecular complexity index is 1460. The summed E-state index contributed by atoms with van der Waals surface area (Å²) in [6.45, 7) is 9.78. The Hall–Kier alpha value is -3.63. The summed E-state index contributed by atoms with van der Waals surface area (Å²) >= 11 is 0. The number of carbonyl (C=O) groups excluding carboxylic acids is 2. The van der Waals surface area contributed by atoms with E-state index in [9.17, 15) is 18.0 Å². The third kappa shape index (κ3) is 6.17. The molecule has 1 aliphatic heterocycles. The quantitative estimate of drug-likeness (QED) is 0.407. The molecule has 4 rings (SSSR count). The zero-order valence-corrected chi connectivity index (χ0v) is 23.7. The lowest BCUT2D eigenvalue weighted by atomic mass is 10.1. The van der Waals surface area contributed by atoms with E-state index in [0.717, 1.165) is 5.56 Å². The average molecular weight is 551 g/mol. The number of esters is 1. The van der Waals surface area contributed by atoms with Crippen LogP contribution in [0.4, 0.5) is 0 Å². The predicted octanol–water partition coefficient (Wildman–Crippen LogP) is 4.11. The van der Waals surface area contributed by atoms with E-state index < -0.39 is 27.9 Å². The highest BCUT2D eigenvalue weighted by molar-refractivity contribution is 7.89. The molecule has 1 aromatic heterocycles. The number of sulfonamides is 1. The molecule has 0 saturated carbocycles. The summed E-state index contributed by atoms with van der Waals surface area (Å²) in [5.74, 6) is -0.681. The lowest BCUT2D eigenvalue weighted by Crippen LogP contribution is -2.55. The van der Waals surface area contributed by atoms with Crippen LogP contribution in [0, 0.1) is 19.8 Å². The molecular formula is C29H34N4O5S. The van der Waals surface area contributed by atoms with E-state index in [-0.39, 0.29) is 48.3 Å². The van der Waals surface area contributed by atoms with Crippen LogP contribution in [0.5, 0.6) is 0 Å². The van der Waals surface area contributed by atoms with E-state index in [0.29, 0.717) is 17.1 Å². The number of rotatable bonds is 7. The van der Waals surface area contributed by atoms with E-state index in [1.165, 1.54) is 4.31 Å². The molecule has 1 fully saturated rings. The summed E-state index contributed by atoms with van der Waals surface area (Å²) in [6, 6.07) is 15.4. The standard InChI is InChI=1S/C29H34N4O5S/c1-19(2)18-38-29(35)25-22(5)30-27(23-9-7-6-8-10-23)31-26(25)28(34)32-15-16-33(21(4)17-32)39(36,37)24-13-11-20(3)12-14-24/h6-14,19,21H,15-18H2,1-5H3. The molecule has 0 aliphatic carbocycles. The Balaban J connectivity index is 1.65. The number of piperazine rings is 1. The summed E-state index contributed by atoms with van der Waals surface area (Å²) in [4.78, 5) is 37.8. The van der Waals surface area contributed by atoms with E-state index >= 15 is 0 Å². The van der Waals surface area contributed by atoms with Crippen LogP contribution in [0.3, 0.4) is 0 Å². The maximum absolute atomic E-state index is 13.9. The summed E-state index contributed by atoms with van der Waals surface area (Å²) in [5.41, 5.74) is 2.00. The number of nitrogens with zero attached hydrogens (tertiary/aromatic N) is 4. The van der Waals surface area contributed by atoms with Crippen LogP contribution in [0.1, 0.15) is 52.9 Å². The first-order valence-corrected chi connectivity index (χ1v) is 14.4. The molecule has 0 radical (unpaired) electrons. The SMILES string of the molecule is Cc1ccc(S(=O)(=O)N2CCN(C(=O)c3nc(-c4ccccc4)nc(C)c3C(=O)OCC(C)C)CC2C)cc1. The van der Waals surface area contributed by atoms with E-state index in [1.54, 1.807) is 43.0 Å². The molecule has 206 valence electrons. The summed E-state index contributed by atoms with van der Waals surface area (Å²) in [6.07, 6.45) is 0.